The largest absolute Gasteiger partial charge is 0.372 e. The fourth-order valence-electron chi connectivity index (χ4n) is 2.19. The molecule has 0 fully saturated rings. The molecule has 2 rings (SSSR count). The molecule has 2 aromatic rings. The smallest absolute Gasteiger partial charge is 0.239 e. The maximum absolute atomic E-state index is 5.36. The molecule has 0 radical (unpaired) electrons. The molecule has 0 amide bonds. The van der Waals surface area contributed by atoms with Crippen molar-refractivity contribution in [3.05, 3.63) is 36.0 Å². The fraction of sp³-hybridized carbons (Fsp3) is 0.333. The molecular weight excluding hydrogens is 264 g/mol. The normalized spacial score (nSPS) is 10.3. The van der Waals surface area contributed by atoms with Crippen molar-refractivity contribution < 1.29 is 0 Å². The predicted octanol–water partition coefficient (Wildman–Crippen LogP) is 2.66. The number of hydrogen-bond acceptors (Lipinski definition) is 6. The minimum Gasteiger partial charge on any atom is -0.372 e. The van der Waals surface area contributed by atoms with Gasteiger partial charge in [0.2, 0.25) is 5.95 Å². The molecule has 0 saturated heterocycles. The maximum Gasteiger partial charge on any atom is 0.239 e. The zero-order valence-electron chi connectivity index (χ0n) is 12.7. The van der Waals surface area contributed by atoms with E-state index in [2.05, 4.69) is 51.6 Å². The molecule has 0 bridgehead atoms. The second-order valence-electron chi connectivity index (χ2n) is 4.71. The van der Waals surface area contributed by atoms with Gasteiger partial charge < -0.3 is 10.2 Å². The third-order valence-electron chi connectivity index (χ3n) is 3.25. The van der Waals surface area contributed by atoms with Crippen molar-refractivity contribution >= 4 is 23.1 Å². The molecule has 0 unspecified atom stereocenters. The van der Waals surface area contributed by atoms with Gasteiger partial charge in [-0.2, -0.15) is 4.98 Å². The summed E-state index contributed by atoms with van der Waals surface area (Å²) in [5, 5.41) is 3.26. The van der Waals surface area contributed by atoms with Crippen LogP contribution in [0.5, 0.6) is 0 Å². The van der Waals surface area contributed by atoms with Crippen molar-refractivity contribution in [3.8, 4) is 0 Å². The Balaban J connectivity index is 2.15. The van der Waals surface area contributed by atoms with Crippen LogP contribution in [-0.4, -0.2) is 23.1 Å². The molecule has 0 aliphatic rings. The van der Waals surface area contributed by atoms with Gasteiger partial charge >= 0.3 is 0 Å². The van der Waals surface area contributed by atoms with Crippen molar-refractivity contribution in [2.24, 2.45) is 5.84 Å². The van der Waals surface area contributed by atoms with E-state index in [1.165, 1.54) is 5.69 Å². The number of nitrogens with two attached hydrogens (primary N) is 1. The monoisotopic (exact) mass is 286 g/mol. The van der Waals surface area contributed by atoms with Crippen molar-refractivity contribution in [3.63, 3.8) is 0 Å². The number of aryl methyl sites for hydroxylation is 1. The number of anilines is 4. The van der Waals surface area contributed by atoms with Crippen LogP contribution in [0.4, 0.5) is 23.1 Å². The first-order chi connectivity index (χ1) is 10.2. The van der Waals surface area contributed by atoms with Crippen LogP contribution in [0, 0.1) is 6.92 Å². The van der Waals surface area contributed by atoms with Gasteiger partial charge in [-0.3, -0.25) is 5.43 Å². The summed E-state index contributed by atoms with van der Waals surface area (Å²) in [5.41, 5.74) is 5.51. The first kappa shape index (κ1) is 15.1. The molecule has 0 atom stereocenters. The second kappa shape index (κ2) is 6.90. The summed E-state index contributed by atoms with van der Waals surface area (Å²) >= 11 is 0. The van der Waals surface area contributed by atoms with E-state index in [0.717, 1.165) is 24.5 Å². The Labute approximate surface area is 125 Å². The molecule has 4 N–H and O–H groups in total. The molecule has 6 nitrogen and oxygen atoms in total. The fourth-order valence-corrected chi connectivity index (χ4v) is 2.19. The summed E-state index contributed by atoms with van der Waals surface area (Å²) in [5.74, 6) is 6.47. The Morgan fingerprint density at radius 1 is 1.10 bits per heavy atom. The maximum atomic E-state index is 5.36. The average molecular weight is 286 g/mol. The molecule has 0 spiro atoms. The van der Waals surface area contributed by atoms with Gasteiger partial charge in [0, 0.05) is 36.2 Å². The first-order valence-corrected chi connectivity index (χ1v) is 7.10. The van der Waals surface area contributed by atoms with Gasteiger partial charge in [-0.25, -0.2) is 10.8 Å². The lowest BCUT2D eigenvalue weighted by Crippen LogP contribution is -2.21. The number of rotatable bonds is 6. The van der Waals surface area contributed by atoms with Crippen molar-refractivity contribution in [1.82, 2.24) is 9.97 Å². The molecule has 6 heteroatoms. The number of nitrogen functional groups attached to an aromatic ring is 1. The van der Waals surface area contributed by atoms with E-state index < -0.39 is 0 Å². The Hall–Kier alpha value is -2.34. The lowest BCUT2D eigenvalue weighted by molar-refractivity contribution is 0.866. The summed E-state index contributed by atoms with van der Waals surface area (Å²) in [6.45, 7) is 8.21. The Morgan fingerprint density at radius 2 is 1.76 bits per heavy atom. The van der Waals surface area contributed by atoms with E-state index in [9.17, 15) is 0 Å². The SMILES string of the molecule is CCN(CC)c1ccc(Nc2cc(C)nc(NN)n2)cc1. The molecule has 0 aliphatic carbocycles. The van der Waals surface area contributed by atoms with Crippen LogP contribution in [0.2, 0.25) is 0 Å². The summed E-state index contributed by atoms with van der Waals surface area (Å²) in [7, 11) is 0. The van der Waals surface area contributed by atoms with Crippen LogP contribution in [0.1, 0.15) is 19.5 Å². The van der Waals surface area contributed by atoms with E-state index in [1.54, 1.807) is 0 Å². The van der Waals surface area contributed by atoms with E-state index >= 15 is 0 Å². The highest BCUT2D eigenvalue weighted by molar-refractivity contribution is 5.61. The summed E-state index contributed by atoms with van der Waals surface area (Å²) < 4.78 is 0. The van der Waals surface area contributed by atoms with E-state index in [1.807, 2.05) is 25.1 Å². The highest BCUT2D eigenvalue weighted by Gasteiger charge is 2.04. The molecule has 1 aromatic carbocycles. The van der Waals surface area contributed by atoms with Gasteiger partial charge in [-0.1, -0.05) is 0 Å². The van der Waals surface area contributed by atoms with Crippen molar-refractivity contribution in [1.29, 1.82) is 0 Å². The Kier molecular flexibility index (Phi) is 4.94. The number of hydrazine groups is 1. The van der Waals surface area contributed by atoms with Crippen LogP contribution in [0.3, 0.4) is 0 Å². The van der Waals surface area contributed by atoms with Crippen LogP contribution in [0.15, 0.2) is 30.3 Å². The van der Waals surface area contributed by atoms with Gasteiger partial charge in [-0.15, -0.1) is 0 Å². The average Bonchev–Trinajstić information content (AvgIpc) is 2.49. The highest BCUT2D eigenvalue weighted by atomic mass is 15.3. The van der Waals surface area contributed by atoms with Gasteiger partial charge in [0.25, 0.3) is 0 Å². The zero-order valence-corrected chi connectivity index (χ0v) is 12.7. The van der Waals surface area contributed by atoms with E-state index in [0.29, 0.717) is 11.8 Å². The standard InChI is InChI=1S/C15H22N6/c1-4-21(5-2)13-8-6-12(7-9-13)18-14-10-11(3)17-15(19-14)20-16/h6-10H,4-5,16H2,1-3H3,(H2,17,18,19,20). The van der Waals surface area contributed by atoms with E-state index in [4.69, 9.17) is 5.84 Å². The summed E-state index contributed by atoms with van der Waals surface area (Å²) in [6.07, 6.45) is 0. The molecule has 0 saturated carbocycles. The zero-order chi connectivity index (χ0) is 15.2. The third kappa shape index (κ3) is 3.82. The van der Waals surface area contributed by atoms with Crippen LogP contribution in [-0.2, 0) is 0 Å². The summed E-state index contributed by atoms with van der Waals surface area (Å²) in [6, 6.07) is 10.2. The Morgan fingerprint density at radius 3 is 2.33 bits per heavy atom. The Bertz CT molecular complexity index is 577. The minimum atomic E-state index is 0.400. The van der Waals surface area contributed by atoms with Crippen molar-refractivity contribution in [2.75, 3.05) is 28.7 Å². The number of nitrogens with zero attached hydrogens (tertiary/aromatic N) is 3. The molecule has 112 valence electrons. The molecule has 1 heterocycles. The summed E-state index contributed by atoms with van der Waals surface area (Å²) in [4.78, 5) is 10.7. The van der Waals surface area contributed by atoms with Gasteiger partial charge in [0.15, 0.2) is 0 Å². The van der Waals surface area contributed by atoms with E-state index in [-0.39, 0.29) is 0 Å². The second-order valence-corrected chi connectivity index (χ2v) is 4.71. The van der Waals surface area contributed by atoms with Gasteiger partial charge in [0.05, 0.1) is 0 Å². The third-order valence-corrected chi connectivity index (χ3v) is 3.25. The van der Waals surface area contributed by atoms with Crippen LogP contribution >= 0.6 is 0 Å². The molecule has 1 aromatic heterocycles. The lowest BCUT2D eigenvalue weighted by Gasteiger charge is -2.21. The minimum absolute atomic E-state index is 0.400. The first-order valence-electron chi connectivity index (χ1n) is 7.10. The van der Waals surface area contributed by atoms with Gasteiger partial charge in [-0.05, 0) is 45.0 Å². The van der Waals surface area contributed by atoms with Crippen LogP contribution in [0.25, 0.3) is 0 Å². The molecule has 21 heavy (non-hydrogen) atoms. The highest BCUT2D eigenvalue weighted by Crippen LogP contribution is 2.21. The number of benzene rings is 1. The predicted molar refractivity (Wildman–Crippen MR) is 87.9 cm³/mol. The van der Waals surface area contributed by atoms with Crippen molar-refractivity contribution in [2.45, 2.75) is 20.8 Å². The molecule has 0 aliphatic heterocycles. The van der Waals surface area contributed by atoms with Gasteiger partial charge in [0.1, 0.15) is 5.82 Å². The topological polar surface area (TPSA) is 79.1 Å². The van der Waals surface area contributed by atoms with Crippen LogP contribution < -0.4 is 21.5 Å². The number of aromatic nitrogens is 2. The molecular formula is C15H22N6. The lowest BCUT2D eigenvalue weighted by atomic mass is 10.2. The number of nitrogens with one attached hydrogen (secondary N) is 2. The quantitative estimate of drug-likeness (QED) is 0.559. The number of hydrogen-bond donors (Lipinski definition) is 3.